The molecule has 0 unspecified atom stereocenters. The van der Waals surface area contributed by atoms with Crippen LogP contribution < -0.4 is 5.19 Å². The summed E-state index contributed by atoms with van der Waals surface area (Å²) in [6.07, 6.45) is 1.05. The maximum Gasteiger partial charge on any atom is 0.219 e. The van der Waals surface area contributed by atoms with Crippen molar-refractivity contribution in [2.45, 2.75) is 32.0 Å². The zero-order chi connectivity index (χ0) is 15.8. The van der Waals surface area contributed by atoms with E-state index < -0.39 is 8.32 Å². The van der Waals surface area contributed by atoms with E-state index >= 15 is 0 Å². The average molecular weight is 308 g/mol. The van der Waals surface area contributed by atoms with Crippen LogP contribution in [-0.2, 0) is 10.0 Å². The van der Waals surface area contributed by atoms with Gasteiger partial charge in [0.15, 0.2) is 0 Å². The predicted octanol–water partition coefficient (Wildman–Crippen LogP) is 4.61. The maximum absolute atomic E-state index is 6.86. The van der Waals surface area contributed by atoms with Gasteiger partial charge >= 0.3 is 0 Å². The molecule has 0 amide bonds. The van der Waals surface area contributed by atoms with Crippen LogP contribution in [-0.4, -0.2) is 8.32 Å². The van der Waals surface area contributed by atoms with Gasteiger partial charge in [-0.3, -0.25) is 0 Å². The Balaban J connectivity index is 1.95. The third kappa shape index (κ3) is 2.69. The molecule has 1 aliphatic carbocycles. The van der Waals surface area contributed by atoms with Crippen LogP contribution in [0.15, 0.2) is 72.8 Å². The molecule has 1 saturated carbocycles. The molecule has 1 aliphatic rings. The zero-order valence-corrected chi connectivity index (χ0v) is 14.7. The van der Waals surface area contributed by atoms with Gasteiger partial charge in [-0.1, -0.05) is 72.8 Å². The standard InChI is InChI=1S/C20H24OSi/c1-16(2)19-15-20(19,17-11-7-5-8-12-17)21-22(3,4)18-13-9-6-10-14-18/h5-14,19H,1,15H2,2-4H3/t19-,20-/m0/s1. The van der Waals surface area contributed by atoms with Gasteiger partial charge in [-0.05, 0) is 37.2 Å². The summed E-state index contributed by atoms with van der Waals surface area (Å²) in [5, 5.41) is 1.35. The van der Waals surface area contributed by atoms with Crippen molar-refractivity contribution in [3.05, 3.63) is 78.4 Å². The first-order valence-corrected chi connectivity index (χ1v) is 10.8. The highest BCUT2D eigenvalue weighted by Crippen LogP contribution is 2.59. The molecule has 1 nitrogen and oxygen atoms in total. The molecule has 22 heavy (non-hydrogen) atoms. The molecule has 2 aromatic carbocycles. The molecule has 0 radical (unpaired) electrons. The summed E-state index contributed by atoms with van der Waals surface area (Å²) < 4.78 is 6.86. The molecule has 0 aromatic heterocycles. The van der Waals surface area contributed by atoms with E-state index in [2.05, 4.69) is 87.3 Å². The van der Waals surface area contributed by atoms with Crippen LogP contribution in [0.1, 0.15) is 18.9 Å². The smallest absolute Gasteiger partial charge is 0.219 e. The lowest BCUT2D eigenvalue weighted by molar-refractivity contribution is 0.161. The molecule has 2 heteroatoms. The Morgan fingerprint density at radius 1 is 1.05 bits per heavy atom. The summed E-state index contributed by atoms with van der Waals surface area (Å²) in [6, 6.07) is 21.3. The van der Waals surface area contributed by atoms with Gasteiger partial charge in [0.1, 0.15) is 0 Å². The Kier molecular flexibility index (Phi) is 3.83. The van der Waals surface area contributed by atoms with Gasteiger partial charge in [-0.15, -0.1) is 0 Å². The van der Waals surface area contributed by atoms with Crippen LogP contribution in [0.25, 0.3) is 0 Å². The van der Waals surface area contributed by atoms with Crippen molar-refractivity contribution in [2.24, 2.45) is 5.92 Å². The second-order valence-corrected chi connectivity index (χ2v) is 10.6. The minimum absolute atomic E-state index is 0.168. The second-order valence-electron chi connectivity index (χ2n) is 6.84. The summed E-state index contributed by atoms with van der Waals surface area (Å²) >= 11 is 0. The van der Waals surface area contributed by atoms with Crippen molar-refractivity contribution < 1.29 is 4.43 Å². The Bertz CT molecular complexity index is 663. The summed E-state index contributed by atoms with van der Waals surface area (Å²) in [5.74, 6) is 0.436. The van der Waals surface area contributed by atoms with E-state index in [0.717, 1.165) is 6.42 Å². The number of hydrogen-bond acceptors (Lipinski definition) is 1. The minimum atomic E-state index is -1.96. The quantitative estimate of drug-likeness (QED) is 0.579. The largest absolute Gasteiger partial charge is 0.403 e. The van der Waals surface area contributed by atoms with E-state index in [1.807, 2.05) is 0 Å². The van der Waals surface area contributed by atoms with Gasteiger partial charge in [0.2, 0.25) is 8.32 Å². The van der Waals surface area contributed by atoms with Crippen molar-refractivity contribution >= 4 is 13.5 Å². The molecule has 114 valence electrons. The molecule has 0 N–H and O–H groups in total. The van der Waals surface area contributed by atoms with Crippen LogP contribution in [0, 0.1) is 5.92 Å². The Morgan fingerprint density at radius 3 is 2.09 bits per heavy atom. The number of hydrogen-bond donors (Lipinski definition) is 0. The van der Waals surface area contributed by atoms with E-state index in [1.54, 1.807) is 0 Å². The summed E-state index contributed by atoms with van der Waals surface area (Å²) in [7, 11) is -1.96. The van der Waals surface area contributed by atoms with Gasteiger partial charge in [0.05, 0.1) is 5.60 Å². The van der Waals surface area contributed by atoms with Crippen molar-refractivity contribution in [2.75, 3.05) is 0 Å². The summed E-state index contributed by atoms with van der Waals surface area (Å²) in [4.78, 5) is 0. The van der Waals surface area contributed by atoms with E-state index in [-0.39, 0.29) is 5.60 Å². The summed E-state index contributed by atoms with van der Waals surface area (Å²) in [5.41, 5.74) is 2.35. The third-order valence-corrected chi connectivity index (χ3v) is 7.27. The molecule has 0 aliphatic heterocycles. The normalized spacial score (nSPS) is 24.0. The molecule has 2 aromatic rings. The topological polar surface area (TPSA) is 9.23 Å². The monoisotopic (exact) mass is 308 g/mol. The fourth-order valence-electron chi connectivity index (χ4n) is 3.38. The molecule has 3 rings (SSSR count). The Labute approximate surface area is 134 Å². The lowest BCUT2D eigenvalue weighted by Crippen LogP contribution is -2.48. The van der Waals surface area contributed by atoms with Crippen LogP contribution in [0.4, 0.5) is 0 Å². The van der Waals surface area contributed by atoms with Crippen molar-refractivity contribution in [3.63, 3.8) is 0 Å². The van der Waals surface area contributed by atoms with Crippen LogP contribution in [0.2, 0.25) is 13.1 Å². The Hall–Kier alpha value is -1.64. The first-order valence-electron chi connectivity index (χ1n) is 7.92. The minimum Gasteiger partial charge on any atom is -0.403 e. The molecule has 1 fully saturated rings. The number of rotatable bonds is 5. The molecule has 0 saturated heterocycles. The molecular weight excluding hydrogens is 284 g/mol. The Morgan fingerprint density at radius 2 is 1.59 bits per heavy atom. The van der Waals surface area contributed by atoms with Gasteiger partial charge in [-0.25, -0.2) is 0 Å². The first-order chi connectivity index (χ1) is 10.5. The fraction of sp³-hybridized carbons (Fsp3) is 0.300. The SMILES string of the molecule is C=C(C)[C@@H]1C[C@]1(O[Si](C)(C)c1ccccc1)c1ccccc1. The molecule has 0 bridgehead atoms. The molecule has 0 heterocycles. The molecule has 0 spiro atoms. The van der Waals surface area contributed by atoms with E-state index in [4.69, 9.17) is 4.43 Å². The van der Waals surface area contributed by atoms with Crippen LogP contribution >= 0.6 is 0 Å². The van der Waals surface area contributed by atoms with E-state index in [0.29, 0.717) is 5.92 Å². The second kappa shape index (κ2) is 5.53. The zero-order valence-electron chi connectivity index (χ0n) is 13.7. The lowest BCUT2D eigenvalue weighted by Gasteiger charge is -2.31. The lowest BCUT2D eigenvalue weighted by atomic mass is 10.0. The van der Waals surface area contributed by atoms with Gasteiger partial charge in [0, 0.05) is 5.92 Å². The predicted molar refractivity (Wildman–Crippen MR) is 95.7 cm³/mol. The average Bonchev–Trinajstić information content (AvgIpc) is 3.24. The van der Waals surface area contributed by atoms with Crippen molar-refractivity contribution in [1.29, 1.82) is 0 Å². The highest BCUT2D eigenvalue weighted by Gasteiger charge is 2.59. The highest BCUT2D eigenvalue weighted by atomic mass is 28.4. The fourth-order valence-corrected chi connectivity index (χ4v) is 5.75. The van der Waals surface area contributed by atoms with Gasteiger partial charge < -0.3 is 4.43 Å². The molecule has 2 atom stereocenters. The maximum atomic E-state index is 6.86. The van der Waals surface area contributed by atoms with Crippen molar-refractivity contribution in [1.82, 2.24) is 0 Å². The van der Waals surface area contributed by atoms with Crippen molar-refractivity contribution in [3.8, 4) is 0 Å². The van der Waals surface area contributed by atoms with Crippen LogP contribution in [0.5, 0.6) is 0 Å². The van der Waals surface area contributed by atoms with Gasteiger partial charge in [-0.2, -0.15) is 0 Å². The van der Waals surface area contributed by atoms with E-state index in [1.165, 1.54) is 16.3 Å². The first kappa shape index (κ1) is 15.3. The number of benzene rings is 2. The van der Waals surface area contributed by atoms with E-state index in [9.17, 15) is 0 Å². The van der Waals surface area contributed by atoms with Gasteiger partial charge in [0.25, 0.3) is 0 Å². The summed E-state index contributed by atoms with van der Waals surface area (Å²) in [6.45, 7) is 10.9. The van der Waals surface area contributed by atoms with Crippen LogP contribution in [0.3, 0.4) is 0 Å². The highest BCUT2D eigenvalue weighted by molar-refractivity contribution is 6.84. The molecular formula is C20H24OSi. The third-order valence-electron chi connectivity index (χ3n) is 4.67.